The molecular formula is C15H24N2O2. The zero-order chi connectivity index (χ0) is 14.4. The highest BCUT2D eigenvalue weighted by Gasteiger charge is 2.15. The van der Waals surface area contributed by atoms with Crippen molar-refractivity contribution in [3.05, 3.63) is 34.9 Å². The van der Waals surface area contributed by atoms with E-state index >= 15 is 0 Å². The number of hydrogen-bond donors (Lipinski definition) is 2. The summed E-state index contributed by atoms with van der Waals surface area (Å²) in [6.07, 6.45) is 0.0770. The highest BCUT2D eigenvalue weighted by atomic mass is 16.5. The predicted octanol–water partition coefficient (Wildman–Crippen LogP) is 1.84. The zero-order valence-electron chi connectivity index (χ0n) is 12.2. The lowest BCUT2D eigenvalue weighted by molar-refractivity contribution is -0.124. The summed E-state index contributed by atoms with van der Waals surface area (Å²) in [6.45, 7) is 6.49. The molecule has 4 nitrogen and oxygen atoms in total. The van der Waals surface area contributed by atoms with Crippen molar-refractivity contribution < 1.29 is 9.53 Å². The number of nitrogens with one attached hydrogen (secondary N) is 1. The third kappa shape index (κ3) is 4.33. The van der Waals surface area contributed by atoms with Gasteiger partial charge in [-0.25, -0.2) is 0 Å². The Bertz CT molecular complexity index is 428. The molecule has 1 aromatic carbocycles. The smallest absolute Gasteiger partial charge is 0.223 e. The van der Waals surface area contributed by atoms with Gasteiger partial charge in [0, 0.05) is 13.7 Å². The quantitative estimate of drug-likeness (QED) is 0.824. The van der Waals surface area contributed by atoms with E-state index in [1.165, 1.54) is 11.1 Å². The molecule has 106 valence electrons. The van der Waals surface area contributed by atoms with Gasteiger partial charge in [0.15, 0.2) is 0 Å². The van der Waals surface area contributed by atoms with Crippen molar-refractivity contribution in [2.75, 3.05) is 13.7 Å². The maximum atomic E-state index is 11.9. The van der Waals surface area contributed by atoms with Gasteiger partial charge in [-0.2, -0.15) is 0 Å². The minimum Gasteiger partial charge on any atom is -0.380 e. The van der Waals surface area contributed by atoms with Gasteiger partial charge in [0.1, 0.15) is 0 Å². The van der Waals surface area contributed by atoms with Crippen LogP contribution >= 0.6 is 0 Å². The first kappa shape index (κ1) is 15.7. The Morgan fingerprint density at radius 3 is 2.68 bits per heavy atom. The number of hydrogen-bond acceptors (Lipinski definition) is 3. The van der Waals surface area contributed by atoms with E-state index in [9.17, 15) is 4.79 Å². The van der Waals surface area contributed by atoms with Gasteiger partial charge in [0.05, 0.1) is 18.6 Å². The van der Waals surface area contributed by atoms with Crippen molar-refractivity contribution in [2.24, 2.45) is 5.73 Å². The summed E-state index contributed by atoms with van der Waals surface area (Å²) in [5.41, 5.74) is 9.11. The molecule has 0 saturated carbocycles. The normalized spacial score (nSPS) is 13.9. The lowest BCUT2D eigenvalue weighted by atomic mass is 9.98. The molecule has 0 aromatic heterocycles. The molecule has 0 heterocycles. The van der Waals surface area contributed by atoms with Crippen molar-refractivity contribution in [1.29, 1.82) is 0 Å². The first-order valence-electron chi connectivity index (χ1n) is 6.58. The lowest BCUT2D eigenvalue weighted by Gasteiger charge is -2.19. The van der Waals surface area contributed by atoms with Crippen molar-refractivity contribution in [1.82, 2.24) is 5.32 Å². The number of aryl methyl sites for hydroxylation is 1. The highest BCUT2D eigenvalue weighted by molar-refractivity contribution is 5.77. The number of nitrogens with two attached hydrogens (primary N) is 1. The maximum Gasteiger partial charge on any atom is 0.223 e. The van der Waals surface area contributed by atoms with E-state index in [4.69, 9.17) is 10.5 Å². The second-order valence-corrected chi connectivity index (χ2v) is 4.88. The second kappa shape index (κ2) is 7.26. The number of benzene rings is 1. The number of carbonyl (C=O) groups excluding carboxylic acids is 1. The van der Waals surface area contributed by atoms with Crippen LogP contribution in [-0.2, 0) is 9.53 Å². The van der Waals surface area contributed by atoms with Crippen LogP contribution in [0.5, 0.6) is 0 Å². The summed E-state index contributed by atoms with van der Waals surface area (Å²) in [5, 5.41) is 2.99. The van der Waals surface area contributed by atoms with E-state index in [0.29, 0.717) is 13.0 Å². The fraction of sp³-hybridized carbons (Fsp3) is 0.533. The molecule has 3 N–H and O–H groups in total. The minimum absolute atomic E-state index is 0.0114. The number of methoxy groups -OCH3 is 1. The molecule has 4 heteroatoms. The summed E-state index contributed by atoms with van der Waals surface area (Å²) in [7, 11) is 1.57. The monoisotopic (exact) mass is 264 g/mol. The fourth-order valence-electron chi connectivity index (χ4n) is 2.09. The molecule has 0 bridgehead atoms. The van der Waals surface area contributed by atoms with Gasteiger partial charge in [-0.3, -0.25) is 4.79 Å². The molecule has 1 amide bonds. The third-order valence-corrected chi connectivity index (χ3v) is 3.50. The summed E-state index contributed by atoms with van der Waals surface area (Å²) >= 11 is 0. The zero-order valence-corrected chi connectivity index (χ0v) is 12.2. The molecule has 19 heavy (non-hydrogen) atoms. The molecule has 2 unspecified atom stereocenters. The molecule has 0 saturated heterocycles. The predicted molar refractivity (Wildman–Crippen MR) is 76.9 cm³/mol. The molecule has 0 fully saturated rings. The molecule has 0 spiro atoms. The van der Waals surface area contributed by atoms with E-state index in [1.807, 2.05) is 19.1 Å². The van der Waals surface area contributed by atoms with Crippen LogP contribution < -0.4 is 11.1 Å². The molecule has 0 aliphatic rings. The van der Waals surface area contributed by atoms with Crippen LogP contribution in [0.25, 0.3) is 0 Å². The first-order valence-corrected chi connectivity index (χ1v) is 6.58. The van der Waals surface area contributed by atoms with Crippen LogP contribution in [0.1, 0.15) is 36.1 Å². The van der Waals surface area contributed by atoms with Gasteiger partial charge < -0.3 is 15.8 Å². The lowest BCUT2D eigenvalue weighted by Crippen LogP contribution is -2.33. The molecule has 0 aliphatic carbocycles. The Balaban J connectivity index is 2.66. The number of carbonyl (C=O) groups is 1. The van der Waals surface area contributed by atoms with Gasteiger partial charge in [0.25, 0.3) is 0 Å². The fourth-order valence-corrected chi connectivity index (χ4v) is 2.09. The number of rotatable bonds is 6. The minimum atomic E-state index is -0.217. The van der Waals surface area contributed by atoms with E-state index in [2.05, 4.69) is 25.2 Å². The van der Waals surface area contributed by atoms with Crippen molar-refractivity contribution in [3.8, 4) is 0 Å². The van der Waals surface area contributed by atoms with Crippen molar-refractivity contribution in [2.45, 2.75) is 39.3 Å². The highest BCUT2D eigenvalue weighted by Crippen LogP contribution is 2.20. The Hall–Kier alpha value is -1.39. The van der Waals surface area contributed by atoms with Crippen molar-refractivity contribution in [3.63, 3.8) is 0 Å². The largest absolute Gasteiger partial charge is 0.380 e. The summed E-state index contributed by atoms with van der Waals surface area (Å²) in [4.78, 5) is 11.9. The third-order valence-electron chi connectivity index (χ3n) is 3.50. The number of ether oxygens (including phenoxy) is 1. The Morgan fingerprint density at radius 1 is 1.42 bits per heavy atom. The van der Waals surface area contributed by atoms with Crippen LogP contribution in [0.2, 0.25) is 0 Å². The van der Waals surface area contributed by atoms with Crippen LogP contribution in [0.15, 0.2) is 18.2 Å². The first-order chi connectivity index (χ1) is 8.99. The average molecular weight is 264 g/mol. The van der Waals surface area contributed by atoms with Crippen LogP contribution in [-0.4, -0.2) is 25.7 Å². The van der Waals surface area contributed by atoms with Crippen LogP contribution in [0, 0.1) is 13.8 Å². The van der Waals surface area contributed by atoms with E-state index < -0.39 is 0 Å². The van der Waals surface area contributed by atoms with E-state index in [1.54, 1.807) is 7.11 Å². The summed E-state index contributed by atoms with van der Waals surface area (Å²) in [6, 6.07) is 6.12. The topological polar surface area (TPSA) is 64.3 Å². The Labute approximate surface area is 115 Å². The van der Waals surface area contributed by atoms with E-state index in [-0.39, 0.29) is 18.1 Å². The molecular weight excluding hydrogens is 240 g/mol. The standard InChI is InChI=1S/C15H24N2O2/c1-10-6-5-7-14(11(10)2)12(3)17-15(18)8-13(9-16)19-4/h5-7,12-13H,8-9,16H2,1-4H3,(H,17,18). The maximum absolute atomic E-state index is 11.9. The SMILES string of the molecule is COC(CN)CC(=O)NC(C)c1cccc(C)c1C. The molecule has 0 aliphatic heterocycles. The van der Waals surface area contributed by atoms with Crippen molar-refractivity contribution >= 4 is 5.91 Å². The Kier molecular flexibility index (Phi) is 5.99. The van der Waals surface area contributed by atoms with Gasteiger partial charge in [0.2, 0.25) is 5.91 Å². The van der Waals surface area contributed by atoms with Crippen LogP contribution in [0.4, 0.5) is 0 Å². The van der Waals surface area contributed by atoms with Gasteiger partial charge in [-0.15, -0.1) is 0 Å². The number of amides is 1. The summed E-state index contributed by atoms with van der Waals surface area (Å²) in [5.74, 6) is -0.0364. The second-order valence-electron chi connectivity index (χ2n) is 4.88. The van der Waals surface area contributed by atoms with Crippen LogP contribution in [0.3, 0.4) is 0 Å². The van der Waals surface area contributed by atoms with Gasteiger partial charge in [-0.05, 0) is 37.5 Å². The van der Waals surface area contributed by atoms with Gasteiger partial charge in [-0.1, -0.05) is 18.2 Å². The molecule has 1 aromatic rings. The summed E-state index contributed by atoms with van der Waals surface area (Å²) < 4.78 is 5.11. The molecule has 0 radical (unpaired) electrons. The van der Waals surface area contributed by atoms with E-state index in [0.717, 1.165) is 5.56 Å². The molecule has 2 atom stereocenters. The average Bonchev–Trinajstić information content (AvgIpc) is 2.38. The Morgan fingerprint density at radius 2 is 2.11 bits per heavy atom. The molecule has 1 rings (SSSR count). The van der Waals surface area contributed by atoms with Gasteiger partial charge >= 0.3 is 0 Å².